The van der Waals surface area contributed by atoms with E-state index in [0.29, 0.717) is 17.5 Å². The van der Waals surface area contributed by atoms with Crippen LogP contribution in [0.25, 0.3) is 10.9 Å². The summed E-state index contributed by atoms with van der Waals surface area (Å²) in [6.45, 7) is 2.53. The van der Waals surface area contributed by atoms with E-state index in [4.69, 9.17) is 0 Å². The normalized spacial score (nSPS) is 12.6. The van der Waals surface area contributed by atoms with Crippen molar-refractivity contribution < 1.29 is 14.1 Å². The summed E-state index contributed by atoms with van der Waals surface area (Å²) in [7, 11) is 0. The van der Waals surface area contributed by atoms with Gasteiger partial charge in [-0.05, 0) is 60.2 Å². The fourth-order valence-corrected chi connectivity index (χ4v) is 5.36. The Labute approximate surface area is 238 Å². The maximum absolute atomic E-state index is 14.4. The molecule has 5 aromatic rings. The van der Waals surface area contributed by atoms with Gasteiger partial charge in [-0.1, -0.05) is 72.8 Å². The van der Waals surface area contributed by atoms with Gasteiger partial charge < -0.3 is 9.88 Å². The molecule has 208 valence electrons. The van der Waals surface area contributed by atoms with E-state index in [0.717, 1.165) is 29.5 Å². The van der Waals surface area contributed by atoms with Crippen LogP contribution in [0.3, 0.4) is 0 Å². The largest absolute Gasteiger partial charge is 0.354 e. The van der Waals surface area contributed by atoms with Gasteiger partial charge in [0.15, 0.2) is 0 Å². The number of carbonyl (C=O) groups excluding carboxylic acids is 1. The van der Waals surface area contributed by atoms with Gasteiger partial charge in [0.1, 0.15) is 5.82 Å². The van der Waals surface area contributed by atoms with Crippen LogP contribution in [0.2, 0.25) is 0 Å². The smallest absolute Gasteiger partial charge is 0.270 e. The number of nitro groups is 1. The zero-order valence-corrected chi connectivity index (χ0v) is 22.9. The van der Waals surface area contributed by atoms with Gasteiger partial charge in [-0.3, -0.25) is 14.9 Å². The number of benzene rings is 4. The standard InChI is InChI=1S/C34H32FN3O3/c1-24(15-16-25-9-4-2-5-10-25)36-34(39)21-30(27-13-8-14-28(35)19-27)32-23-37(22-26-11-6-3-7-12-26)33-18-17-29(38(40)41)20-31(32)33/h2-14,17-20,23-24,30H,15-16,21-22H2,1H3,(H,36,39)/t24-,30+/m0/s1. The maximum Gasteiger partial charge on any atom is 0.270 e. The van der Waals surface area contributed by atoms with Crippen molar-refractivity contribution in [3.8, 4) is 0 Å². The number of nitro benzene ring substituents is 1. The van der Waals surface area contributed by atoms with Crippen LogP contribution < -0.4 is 5.32 Å². The van der Waals surface area contributed by atoms with Gasteiger partial charge in [0.05, 0.1) is 4.92 Å². The minimum Gasteiger partial charge on any atom is -0.354 e. The molecule has 6 nitrogen and oxygen atoms in total. The molecule has 0 bridgehead atoms. The summed E-state index contributed by atoms with van der Waals surface area (Å²) in [5.74, 6) is -1.06. The van der Waals surface area contributed by atoms with Gasteiger partial charge in [-0.25, -0.2) is 4.39 Å². The molecule has 41 heavy (non-hydrogen) atoms. The summed E-state index contributed by atoms with van der Waals surface area (Å²) in [6.07, 6.45) is 3.64. The molecule has 1 heterocycles. The number of aryl methyl sites for hydroxylation is 1. The number of amides is 1. The van der Waals surface area contributed by atoms with Crippen molar-refractivity contribution in [3.63, 3.8) is 0 Å². The SMILES string of the molecule is C[C@@H](CCc1ccccc1)NC(=O)C[C@H](c1cccc(F)c1)c1cn(Cc2ccccc2)c2ccc([N+](=O)[O-])cc12. The minimum atomic E-state index is -0.506. The summed E-state index contributed by atoms with van der Waals surface area (Å²) < 4.78 is 16.5. The molecule has 0 aliphatic heterocycles. The first-order valence-corrected chi connectivity index (χ1v) is 13.8. The molecule has 0 fully saturated rings. The van der Waals surface area contributed by atoms with Crippen LogP contribution in [0, 0.1) is 15.9 Å². The van der Waals surface area contributed by atoms with Crippen LogP contribution in [0.4, 0.5) is 10.1 Å². The van der Waals surface area contributed by atoms with Gasteiger partial charge >= 0.3 is 0 Å². The molecule has 1 aromatic heterocycles. The van der Waals surface area contributed by atoms with E-state index in [1.165, 1.54) is 23.8 Å². The molecule has 0 radical (unpaired) electrons. The molecule has 7 heteroatoms. The zero-order chi connectivity index (χ0) is 28.8. The molecule has 1 amide bonds. The lowest BCUT2D eigenvalue weighted by Gasteiger charge is -2.20. The first-order chi connectivity index (χ1) is 19.9. The van der Waals surface area contributed by atoms with Crippen molar-refractivity contribution in [1.82, 2.24) is 9.88 Å². The van der Waals surface area contributed by atoms with Gasteiger partial charge in [-0.2, -0.15) is 0 Å². The molecule has 0 saturated carbocycles. The second-order valence-corrected chi connectivity index (χ2v) is 10.5. The number of halogens is 1. The van der Waals surface area contributed by atoms with Crippen LogP contribution in [-0.2, 0) is 17.8 Å². The highest BCUT2D eigenvalue weighted by atomic mass is 19.1. The Bertz CT molecular complexity index is 1650. The molecule has 0 spiro atoms. The third-order valence-corrected chi connectivity index (χ3v) is 7.43. The quantitative estimate of drug-likeness (QED) is 0.138. The zero-order valence-electron chi connectivity index (χ0n) is 22.9. The number of carbonyl (C=O) groups is 1. The summed E-state index contributed by atoms with van der Waals surface area (Å²) in [5, 5.41) is 15.5. The number of nitrogens with zero attached hydrogens (tertiary/aromatic N) is 2. The lowest BCUT2D eigenvalue weighted by molar-refractivity contribution is -0.384. The van der Waals surface area contributed by atoms with Crippen molar-refractivity contribution in [2.75, 3.05) is 0 Å². The Morgan fingerprint density at radius 2 is 1.63 bits per heavy atom. The Hall–Kier alpha value is -4.78. The molecule has 0 unspecified atom stereocenters. The Morgan fingerprint density at radius 3 is 2.32 bits per heavy atom. The molecule has 0 saturated heterocycles. The van der Waals surface area contributed by atoms with Gasteiger partial charge in [0.25, 0.3) is 5.69 Å². The van der Waals surface area contributed by atoms with Crippen molar-refractivity contribution in [2.24, 2.45) is 0 Å². The van der Waals surface area contributed by atoms with E-state index in [2.05, 4.69) is 17.4 Å². The minimum absolute atomic E-state index is 0.0341. The average molecular weight is 550 g/mol. The van der Waals surface area contributed by atoms with E-state index in [1.807, 2.05) is 66.2 Å². The molecular formula is C34H32FN3O3. The van der Waals surface area contributed by atoms with Crippen molar-refractivity contribution in [1.29, 1.82) is 0 Å². The second-order valence-electron chi connectivity index (χ2n) is 10.5. The number of fused-ring (bicyclic) bond motifs is 1. The van der Waals surface area contributed by atoms with E-state index in [9.17, 15) is 19.3 Å². The van der Waals surface area contributed by atoms with Crippen molar-refractivity contribution in [3.05, 3.63) is 148 Å². The highest BCUT2D eigenvalue weighted by Gasteiger charge is 2.25. The number of nitrogens with one attached hydrogen (secondary N) is 1. The van der Waals surface area contributed by atoms with Gasteiger partial charge in [0, 0.05) is 54.2 Å². The summed E-state index contributed by atoms with van der Waals surface area (Å²) in [4.78, 5) is 24.7. The van der Waals surface area contributed by atoms with Crippen LogP contribution in [0.15, 0.2) is 109 Å². The fraction of sp³-hybridized carbons (Fsp3) is 0.206. The first-order valence-electron chi connectivity index (χ1n) is 13.8. The Morgan fingerprint density at radius 1 is 0.927 bits per heavy atom. The topological polar surface area (TPSA) is 77.2 Å². The number of hydrogen-bond acceptors (Lipinski definition) is 3. The van der Waals surface area contributed by atoms with Crippen LogP contribution in [-0.4, -0.2) is 21.4 Å². The van der Waals surface area contributed by atoms with Crippen LogP contribution in [0.5, 0.6) is 0 Å². The maximum atomic E-state index is 14.4. The molecule has 2 atom stereocenters. The highest BCUT2D eigenvalue weighted by Crippen LogP contribution is 2.37. The summed E-state index contributed by atoms with van der Waals surface area (Å²) >= 11 is 0. The van der Waals surface area contributed by atoms with E-state index in [-0.39, 0.29) is 24.1 Å². The predicted molar refractivity (Wildman–Crippen MR) is 159 cm³/mol. The predicted octanol–water partition coefficient (Wildman–Crippen LogP) is 7.40. The lowest BCUT2D eigenvalue weighted by atomic mass is 9.87. The van der Waals surface area contributed by atoms with E-state index in [1.54, 1.807) is 24.3 Å². The molecule has 0 aliphatic carbocycles. The van der Waals surface area contributed by atoms with Crippen molar-refractivity contribution in [2.45, 2.75) is 44.7 Å². The van der Waals surface area contributed by atoms with E-state index < -0.39 is 16.7 Å². The average Bonchev–Trinajstić information content (AvgIpc) is 3.33. The lowest BCUT2D eigenvalue weighted by Crippen LogP contribution is -2.33. The Balaban J connectivity index is 1.48. The van der Waals surface area contributed by atoms with Crippen LogP contribution in [0.1, 0.15) is 47.9 Å². The number of non-ortho nitro benzene ring substituents is 1. The number of aromatic nitrogens is 1. The second kappa shape index (κ2) is 12.6. The monoisotopic (exact) mass is 549 g/mol. The molecule has 4 aromatic carbocycles. The Kier molecular flexibility index (Phi) is 8.53. The van der Waals surface area contributed by atoms with Crippen LogP contribution >= 0.6 is 0 Å². The molecule has 0 aliphatic rings. The molecular weight excluding hydrogens is 517 g/mol. The van der Waals surface area contributed by atoms with E-state index >= 15 is 0 Å². The fourth-order valence-electron chi connectivity index (χ4n) is 5.36. The van der Waals surface area contributed by atoms with Gasteiger partial charge in [-0.15, -0.1) is 0 Å². The number of rotatable bonds is 11. The van der Waals surface area contributed by atoms with Gasteiger partial charge in [0.2, 0.25) is 5.91 Å². The third-order valence-electron chi connectivity index (χ3n) is 7.43. The summed E-state index contributed by atoms with van der Waals surface area (Å²) in [6, 6.07) is 31.0. The first kappa shape index (κ1) is 27.8. The van der Waals surface area contributed by atoms with Crippen molar-refractivity contribution >= 4 is 22.5 Å². The number of hydrogen-bond donors (Lipinski definition) is 1. The molecule has 5 rings (SSSR count). The molecule has 1 N–H and O–H groups in total. The summed E-state index contributed by atoms with van der Waals surface area (Å²) in [5.41, 5.74) is 4.45. The highest BCUT2D eigenvalue weighted by molar-refractivity contribution is 5.88. The third kappa shape index (κ3) is 6.87.